The van der Waals surface area contributed by atoms with Crippen LogP contribution in [0.2, 0.25) is 0 Å². The number of amides is 2. The van der Waals surface area contributed by atoms with Gasteiger partial charge in [-0.1, -0.05) is 33.6 Å². The maximum atomic E-state index is 11.6. The molecule has 2 N–H and O–H groups in total. The number of nitrogens with one attached hydrogen (secondary N) is 2. The van der Waals surface area contributed by atoms with Crippen molar-refractivity contribution in [3.63, 3.8) is 0 Å². The van der Waals surface area contributed by atoms with Gasteiger partial charge in [-0.3, -0.25) is 4.79 Å². The number of urea groups is 1. The molecule has 0 aromatic rings. The number of rotatable bonds is 3. The van der Waals surface area contributed by atoms with Crippen LogP contribution >= 0.6 is 0 Å². The first-order valence-corrected chi connectivity index (χ1v) is 5.97. The SMILES string of the molecule is CC(C)(C)C(=O)CNC(=O)NC1CCCC1. The van der Waals surface area contributed by atoms with Crippen molar-refractivity contribution in [2.24, 2.45) is 5.41 Å². The summed E-state index contributed by atoms with van der Waals surface area (Å²) in [7, 11) is 0. The molecule has 16 heavy (non-hydrogen) atoms. The quantitative estimate of drug-likeness (QED) is 0.771. The second-order valence-corrected chi connectivity index (χ2v) is 5.48. The van der Waals surface area contributed by atoms with Crippen molar-refractivity contribution < 1.29 is 9.59 Å². The van der Waals surface area contributed by atoms with Gasteiger partial charge in [-0.2, -0.15) is 0 Å². The zero-order valence-electron chi connectivity index (χ0n) is 10.4. The van der Waals surface area contributed by atoms with Gasteiger partial charge in [0.25, 0.3) is 0 Å². The summed E-state index contributed by atoms with van der Waals surface area (Å²) in [6.45, 7) is 5.67. The maximum absolute atomic E-state index is 11.6. The molecule has 4 nitrogen and oxygen atoms in total. The fourth-order valence-electron chi connectivity index (χ4n) is 1.73. The van der Waals surface area contributed by atoms with Crippen LogP contribution in [0.3, 0.4) is 0 Å². The number of Topliss-reactive ketones (excluding diaryl/α,β-unsaturated/α-hetero) is 1. The van der Waals surface area contributed by atoms with Crippen LogP contribution in [-0.2, 0) is 4.79 Å². The van der Waals surface area contributed by atoms with Gasteiger partial charge >= 0.3 is 6.03 Å². The van der Waals surface area contributed by atoms with Crippen molar-refractivity contribution in [1.82, 2.24) is 10.6 Å². The average Bonchev–Trinajstić information content (AvgIpc) is 2.65. The molecule has 0 heterocycles. The molecule has 1 aliphatic rings. The van der Waals surface area contributed by atoms with E-state index in [0.717, 1.165) is 12.8 Å². The Kier molecular flexibility index (Phi) is 4.33. The number of carbonyl (C=O) groups is 2. The van der Waals surface area contributed by atoms with E-state index >= 15 is 0 Å². The van der Waals surface area contributed by atoms with E-state index in [4.69, 9.17) is 0 Å². The molecule has 0 unspecified atom stereocenters. The lowest BCUT2D eigenvalue weighted by Gasteiger charge is -2.18. The monoisotopic (exact) mass is 226 g/mol. The normalized spacial score (nSPS) is 17.2. The van der Waals surface area contributed by atoms with Gasteiger partial charge < -0.3 is 10.6 Å². The summed E-state index contributed by atoms with van der Waals surface area (Å²) in [5.74, 6) is 0.0501. The van der Waals surface area contributed by atoms with Crippen molar-refractivity contribution in [1.29, 1.82) is 0 Å². The van der Waals surface area contributed by atoms with Gasteiger partial charge in [0.05, 0.1) is 6.54 Å². The Labute approximate surface area is 97.2 Å². The lowest BCUT2D eigenvalue weighted by atomic mass is 9.91. The van der Waals surface area contributed by atoms with Gasteiger partial charge in [0.1, 0.15) is 0 Å². The highest BCUT2D eigenvalue weighted by Gasteiger charge is 2.22. The van der Waals surface area contributed by atoms with E-state index in [-0.39, 0.29) is 23.8 Å². The summed E-state index contributed by atoms with van der Waals surface area (Å²) in [6.07, 6.45) is 4.49. The summed E-state index contributed by atoms with van der Waals surface area (Å²) in [5.41, 5.74) is -0.388. The fraction of sp³-hybridized carbons (Fsp3) is 0.833. The summed E-state index contributed by atoms with van der Waals surface area (Å²) in [6, 6.07) is 0.0780. The first-order valence-electron chi connectivity index (χ1n) is 5.97. The summed E-state index contributed by atoms with van der Waals surface area (Å²) in [4.78, 5) is 23.0. The standard InChI is InChI=1S/C12H22N2O2/c1-12(2,3)10(15)8-13-11(16)14-9-6-4-5-7-9/h9H,4-8H2,1-3H3,(H2,13,14,16). The van der Waals surface area contributed by atoms with Crippen molar-refractivity contribution in [3.8, 4) is 0 Å². The third kappa shape index (κ3) is 4.21. The van der Waals surface area contributed by atoms with Crippen molar-refractivity contribution >= 4 is 11.8 Å². The van der Waals surface area contributed by atoms with E-state index < -0.39 is 0 Å². The molecule has 0 saturated heterocycles. The van der Waals surface area contributed by atoms with Gasteiger partial charge in [-0.25, -0.2) is 4.79 Å². The van der Waals surface area contributed by atoms with Crippen molar-refractivity contribution in [2.45, 2.75) is 52.5 Å². The Morgan fingerprint density at radius 3 is 2.25 bits per heavy atom. The predicted octanol–water partition coefficient (Wildman–Crippen LogP) is 1.84. The van der Waals surface area contributed by atoms with E-state index in [1.807, 2.05) is 20.8 Å². The first kappa shape index (κ1) is 13.0. The molecule has 1 rings (SSSR count). The number of ketones is 1. The van der Waals surface area contributed by atoms with Gasteiger partial charge in [-0.15, -0.1) is 0 Å². The van der Waals surface area contributed by atoms with E-state index in [2.05, 4.69) is 10.6 Å². The second-order valence-electron chi connectivity index (χ2n) is 5.48. The summed E-state index contributed by atoms with van der Waals surface area (Å²) >= 11 is 0. The molecule has 0 bridgehead atoms. The van der Waals surface area contributed by atoms with E-state index in [0.29, 0.717) is 6.04 Å². The summed E-state index contributed by atoms with van der Waals surface area (Å²) < 4.78 is 0. The van der Waals surface area contributed by atoms with Crippen LogP contribution in [0.4, 0.5) is 4.79 Å². The van der Waals surface area contributed by atoms with Crippen LogP contribution < -0.4 is 10.6 Å². The third-order valence-corrected chi connectivity index (χ3v) is 2.94. The largest absolute Gasteiger partial charge is 0.335 e. The zero-order chi connectivity index (χ0) is 12.2. The average molecular weight is 226 g/mol. The van der Waals surface area contributed by atoms with Gasteiger partial charge in [0.15, 0.2) is 5.78 Å². The van der Waals surface area contributed by atoms with Gasteiger partial charge in [0.2, 0.25) is 0 Å². The van der Waals surface area contributed by atoms with Crippen LogP contribution in [0.15, 0.2) is 0 Å². The van der Waals surface area contributed by atoms with Gasteiger partial charge in [0, 0.05) is 11.5 Å². The van der Waals surface area contributed by atoms with Crippen molar-refractivity contribution in [2.75, 3.05) is 6.54 Å². The molecule has 0 aromatic carbocycles. The molecule has 92 valence electrons. The van der Waals surface area contributed by atoms with Crippen LogP contribution in [0.5, 0.6) is 0 Å². The highest BCUT2D eigenvalue weighted by atomic mass is 16.2. The Morgan fingerprint density at radius 1 is 1.19 bits per heavy atom. The molecule has 1 fully saturated rings. The minimum atomic E-state index is -0.388. The maximum Gasteiger partial charge on any atom is 0.315 e. The molecule has 1 aliphatic carbocycles. The summed E-state index contributed by atoms with van der Waals surface area (Å²) in [5, 5.41) is 5.50. The Morgan fingerprint density at radius 2 is 1.75 bits per heavy atom. The zero-order valence-corrected chi connectivity index (χ0v) is 10.4. The van der Waals surface area contributed by atoms with Crippen LogP contribution in [0.1, 0.15) is 46.5 Å². The predicted molar refractivity (Wildman–Crippen MR) is 63.3 cm³/mol. The van der Waals surface area contributed by atoms with Crippen LogP contribution in [0, 0.1) is 5.41 Å². The minimum absolute atomic E-state index is 0.0501. The molecular weight excluding hydrogens is 204 g/mol. The van der Waals surface area contributed by atoms with Crippen LogP contribution in [0.25, 0.3) is 0 Å². The van der Waals surface area contributed by atoms with E-state index in [9.17, 15) is 9.59 Å². The molecule has 0 spiro atoms. The first-order chi connectivity index (χ1) is 7.39. The molecule has 0 atom stereocenters. The van der Waals surface area contributed by atoms with E-state index in [1.165, 1.54) is 12.8 Å². The highest BCUT2D eigenvalue weighted by molar-refractivity contribution is 5.88. The number of carbonyl (C=O) groups excluding carboxylic acids is 2. The Balaban J connectivity index is 2.22. The Bertz CT molecular complexity index is 263. The molecule has 4 heteroatoms. The second kappa shape index (κ2) is 5.32. The highest BCUT2D eigenvalue weighted by Crippen LogP contribution is 2.17. The molecule has 0 aromatic heterocycles. The van der Waals surface area contributed by atoms with Crippen molar-refractivity contribution in [3.05, 3.63) is 0 Å². The van der Waals surface area contributed by atoms with E-state index in [1.54, 1.807) is 0 Å². The Hall–Kier alpha value is -1.06. The number of hydrogen-bond donors (Lipinski definition) is 2. The molecule has 0 aliphatic heterocycles. The number of hydrogen-bond acceptors (Lipinski definition) is 2. The molecule has 2 amide bonds. The van der Waals surface area contributed by atoms with Crippen LogP contribution in [-0.4, -0.2) is 24.4 Å². The topological polar surface area (TPSA) is 58.2 Å². The molecular formula is C12H22N2O2. The third-order valence-electron chi connectivity index (χ3n) is 2.94. The molecule has 0 radical (unpaired) electrons. The smallest absolute Gasteiger partial charge is 0.315 e. The molecule has 1 saturated carbocycles. The minimum Gasteiger partial charge on any atom is -0.335 e. The lowest BCUT2D eigenvalue weighted by Crippen LogP contribution is -2.44. The lowest BCUT2D eigenvalue weighted by molar-refractivity contribution is -0.125. The van der Waals surface area contributed by atoms with Gasteiger partial charge in [-0.05, 0) is 12.8 Å². The fourth-order valence-corrected chi connectivity index (χ4v) is 1.73.